The predicted molar refractivity (Wildman–Crippen MR) is 62.8 cm³/mol. The summed E-state index contributed by atoms with van der Waals surface area (Å²) in [7, 11) is 0. The Labute approximate surface area is 97.9 Å². The second kappa shape index (κ2) is 5.45. The second-order valence-electron chi connectivity index (χ2n) is 5.16. The Morgan fingerprint density at radius 2 is 1.81 bits per heavy atom. The number of hydrogen-bond donors (Lipinski definition) is 2. The summed E-state index contributed by atoms with van der Waals surface area (Å²) in [4.78, 5) is 4.33. The molecule has 2 aliphatic heterocycles. The Morgan fingerprint density at radius 1 is 1.12 bits per heavy atom. The first-order valence-corrected chi connectivity index (χ1v) is 6.54. The quantitative estimate of drug-likeness (QED) is 0.739. The molecule has 4 heteroatoms. The Hall–Kier alpha value is -0.160. The van der Waals surface area contributed by atoms with Crippen LogP contribution in [0, 0.1) is 0 Å². The van der Waals surface area contributed by atoms with E-state index in [0.717, 1.165) is 51.7 Å². The molecule has 2 N–H and O–H groups in total. The SMILES string of the molecule is CC(CCN1CCCC1O)N1CCCC1O. The number of hydrogen-bond acceptors (Lipinski definition) is 4. The maximum absolute atomic E-state index is 9.77. The average molecular weight is 228 g/mol. The molecular formula is C12H24N2O2. The highest BCUT2D eigenvalue weighted by atomic mass is 16.3. The van der Waals surface area contributed by atoms with Crippen LogP contribution in [0.2, 0.25) is 0 Å². The molecule has 0 spiro atoms. The number of likely N-dealkylation sites (tertiary alicyclic amines) is 2. The second-order valence-corrected chi connectivity index (χ2v) is 5.16. The van der Waals surface area contributed by atoms with Crippen molar-refractivity contribution in [2.75, 3.05) is 19.6 Å². The molecule has 0 aromatic carbocycles. The van der Waals surface area contributed by atoms with Crippen LogP contribution < -0.4 is 0 Å². The molecule has 94 valence electrons. The fraction of sp³-hybridized carbons (Fsp3) is 1.00. The molecule has 0 saturated carbocycles. The van der Waals surface area contributed by atoms with Crippen molar-refractivity contribution in [1.29, 1.82) is 0 Å². The van der Waals surface area contributed by atoms with E-state index in [2.05, 4.69) is 16.7 Å². The zero-order valence-electron chi connectivity index (χ0n) is 10.2. The number of nitrogens with zero attached hydrogens (tertiary/aromatic N) is 2. The van der Waals surface area contributed by atoms with E-state index in [9.17, 15) is 10.2 Å². The van der Waals surface area contributed by atoms with Gasteiger partial charge in [-0.1, -0.05) is 0 Å². The molecule has 2 heterocycles. The van der Waals surface area contributed by atoms with Gasteiger partial charge >= 0.3 is 0 Å². The van der Waals surface area contributed by atoms with Gasteiger partial charge < -0.3 is 10.2 Å². The molecule has 16 heavy (non-hydrogen) atoms. The minimum Gasteiger partial charge on any atom is -0.378 e. The van der Waals surface area contributed by atoms with Crippen LogP contribution in [0.15, 0.2) is 0 Å². The number of rotatable bonds is 4. The minimum atomic E-state index is -0.237. The summed E-state index contributed by atoms with van der Waals surface area (Å²) in [5, 5.41) is 19.4. The molecule has 0 aromatic heterocycles. The van der Waals surface area contributed by atoms with E-state index >= 15 is 0 Å². The van der Waals surface area contributed by atoms with Crippen molar-refractivity contribution in [2.24, 2.45) is 0 Å². The van der Waals surface area contributed by atoms with Crippen LogP contribution in [0.25, 0.3) is 0 Å². The van der Waals surface area contributed by atoms with Crippen LogP contribution in [-0.4, -0.2) is 58.1 Å². The minimum absolute atomic E-state index is 0.226. The summed E-state index contributed by atoms with van der Waals surface area (Å²) in [6.45, 7) is 5.17. The maximum Gasteiger partial charge on any atom is 0.107 e. The lowest BCUT2D eigenvalue weighted by Crippen LogP contribution is -2.40. The molecule has 2 saturated heterocycles. The lowest BCUT2D eigenvalue weighted by Gasteiger charge is -2.29. The fourth-order valence-corrected chi connectivity index (χ4v) is 2.87. The molecule has 0 aliphatic carbocycles. The zero-order valence-corrected chi connectivity index (χ0v) is 10.2. The smallest absolute Gasteiger partial charge is 0.107 e. The molecule has 3 atom stereocenters. The third-order valence-corrected chi connectivity index (χ3v) is 3.99. The van der Waals surface area contributed by atoms with Crippen molar-refractivity contribution in [1.82, 2.24) is 9.80 Å². The first-order valence-electron chi connectivity index (χ1n) is 6.54. The van der Waals surface area contributed by atoms with E-state index in [-0.39, 0.29) is 12.5 Å². The highest BCUT2D eigenvalue weighted by molar-refractivity contribution is 4.78. The van der Waals surface area contributed by atoms with Gasteiger partial charge in [-0.3, -0.25) is 9.80 Å². The summed E-state index contributed by atoms with van der Waals surface area (Å²) in [5.41, 5.74) is 0. The van der Waals surface area contributed by atoms with Gasteiger partial charge in [-0.2, -0.15) is 0 Å². The molecule has 2 rings (SSSR count). The lowest BCUT2D eigenvalue weighted by atomic mass is 10.2. The van der Waals surface area contributed by atoms with E-state index in [1.54, 1.807) is 0 Å². The van der Waals surface area contributed by atoms with Crippen molar-refractivity contribution in [3.63, 3.8) is 0 Å². The van der Waals surface area contributed by atoms with Crippen LogP contribution >= 0.6 is 0 Å². The summed E-state index contributed by atoms with van der Waals surface area (Å²) in [5.74, 6) is 0. The van der Waals surface area contributed by atoms with Gasteiger partial charge in [0.25, 0.3) is 0 Å². The Bertz CT molecular complexity index is 225. The van der Waals surface area contributed by atoms with Gasteiger partial charge in [-0.25, -0.2) is 0 Å². The van der Waals surface area contributed by atoms with Gasteiger partial charge in [0, 0.05) is 25.7 Å². The van der Waals surface area contributed by atoms with Gasteiger partial charge in [-0.15, -0.1) is 0 Å². The van der Waals surface area contributed by atoms with Crippen molar-refractivity contribution in [3.05, 3.63) is 0 Å². The predicted octanol–water partition coefficient (Wildman–Crippen LogP) is 0.593. The van der Waals surface area contributed by atoms with Crippen molar-refractivity contribution in [2.45, 2.75) is 57.5 Å². The van der Waals surface area contributed by atoms with Crippen LogP contribution in [0.5, 0.6) is 0 Å². The fourth-order valence-electron chi connectivity index (χ4n) is 2.87. The standard InChI is InChI=1S/C12H24N2O2/c1-10(14-8-3-5-12(14)16)6-9-13-7-2-4-11(13)15/h10-12,15-16H,2-9H2,1H3. The Balaban J connectivity index is 1.72. The Kier molecular flexibility index (Phi) is 4.19. The summed E-state index contributed by atoms with van der Waals surface area (Å²) >= 11 is 0. The summed E-state index contributed by atoms with van der Waals surface area (Å²) < 4.78 is 0. The van der Waals surface area contributed by atoms with E-state index in [1.807, 2.05) is 0 Å². The van der Waals surface area contributed by atoms with Crippen LogP contribution in [0.4, 0.5) is 0 Å². The van der Waals surface area contributed by atoms with Crippen molar-refractivity contribution >= 4 is 0 Å². The zero-order chi connectivity index (χ0) is 11.5. The number of aliphatic hydroxyl groups excluding tert-OH is 2. The van der Waals surface area contributed by atoms with Gasteiger partial charge in [0.2, 0.25) is 0 Å². The van der Waals surface area contributed by atoms with E-state index in [4.69, 9.17) is 0 Å². The highest BCUT2D eigenvalue weighted by Gasteiger charge is 2.28. The van der Waals surface area contributed by atoms with Gasteiger partial charge in [0.1, 0.15) is 12.5 Å². The Morgan fingerprint density at radius 3 is 2.38 bits per heavy atom. The first-order chi connectivity index (χ1) is 7.68. The van der Waals surface area contributed by atoms with Crippen molar-refractivity contribution < 1.29 is 10.2 Å². The molecular weight excluding hydrogens is 204 g/mol. The summed E-state index contributed by atoms with van der Waals surface area (Å²) in [6, 6.07) is 0.422. The lowest BCUT2D eigenvalue weighted by molar-refractivity contribution is -0.00144. The van der Waals surface area contributed by atoms with E-state index < -0.39 is 0 Å². The third kappa shape index (κ3) is 2.74. The van der Waals surface area contributed by atoms with Crippen LogP contribution in [-0.2, 0) is 0 Å². The van der Waals surface area contributed by atoms with Gasteiger partial charge in [-0.05, 0) is 39.0 Å². The van der Waals surface area contributed by atoms with E-state index in [0.29, 0.717) is 6.04 Å². The molecule has 3 unspecified atom stereocenters. The van der Waals surface area contributed by atoms with Gasteiger partial charge in [0.05, 0.1) is 0 Å². The monoisotopic (exact) mass is 228 g/mol. The molecule has 2 aliphatic rings. The first kappa shape index (κ1) is 12.3. The average Bonchev–Trinajstić information content (AvgIpc) is 2.84. The molecule has 0 bridgehead atoms. The molecule has 0 radical (unpaired) electrons. The summed E-state index contributed by atoms with van der Waals surface area (Å²) in [6.07, 6.45) is 4.62. The third-order valence-electron chi connectivity index (χ3n) is 3.99. The topological polar surface area (TPSA) is 46.9 Å². The largest absolute Gasteiger partial charge is 0.378 e. The maximum atomic E-state index is 9.77. The number of aliphatic hydroxyl groups is 2. The molecule has 0 aromatic rings. The molecule has 0 amide bonds. The van der Waals surface area contributed by atoms with Crippen molar-refractivity contribution in [3.8, 4) is 0 Å². The highest BCUT2D eigenvalue weighted by Crippen LogP contribution is 2.21. The molecule has 4 nitrogen and oxygen atoms in total. The van der Waals surface area contributed by atoms with Crippen LogP contribution in [0.3, 0.4) is 0 Å². The molecule has 2 fully saturated rings. The van der Waals surface area contributed by atoms with Crippen LogP contribution in [0.1, 0.15) is 39.0 Å². The van der Waals surface area contributed by atoms with Gasteiger partial charge in [0.15, 0.2) is 0 Å². The normalized spacial score (nSPS) is 34.7. The van der Waals surface area contributed by atoms with E-state index in [1.165, 1.54) is 0 Å².